The van der Waals surface area contributed by atoms with Crippen LogP contribution in [0.3, 0.4) is 0 Å². The zero-order chi connectivity index (χ0) is 13.5. The van der Waals surface area contributed by atoms with Crippen molar-refractivity contribution in [1.29, 1.82) is 0 Å². The maximum absolute atomic E-state index is 5.39. The lowest BCUT2D eigenvalue weighted by Crippen LogP contribution is -2.13. The van der Waals surface area contributed by atoms with Crippen molar-refractivity contribution in [3.05, 3.63) is 12.2 Å². The van der Waals surface area contributed by atoms with E-state index >= 15 is 0 Å². The van der Waals surface area contributed by atoms with Gasteiger partial charge in [-0.1, -0.05) is 12.2 Å². The Balaban J connectivity index is 3.09. The number of hydrazone groups is 1. The summed E-state index contributed by atoms with van der Waals surface area (Å²) in [4.78, 5) is 0. The molecule has 0 aromatic carbocycles. The lowest BCUT2D eigenvalue weighted by Gasteiger charge is -2.06. The fraction of sp³-hybridized carbons (Fsp3) is 0.750. The lowest BCUT2D eigenvalue weighted by atomic mass is 10.2. The molecule has 0 bridgehead atoms. The van der Waals surface area contributed by atoms with Gasteiger partial charge in [0.1, 0.15) is 0 Å². The maximum Gasteiger partial charge on any atom is 0.0701 e. The molecule has 0 aromatic heterocycles. The van der Waals surface area contributed by atoms with Gasteiger partial charge in [0.05, 0.1) is 39.6 Å². The van der Waals surface area contributed by atoms with Gasteiger partial charge in [-0.15, -0.1) is 0 Å². The van der Waals surface area contributed by atoms with Gasteiger partial charge in [0.15, 0.2) is 0 Å². The summed E-state index contributed by atoms with van der Waals surface area (Å²) in [5.41, 5.74) is 6.33. The first-order valence-electron chi connectivity index (χ1n) is 6.13. The van der Waals surface area contributed by atoms with Crippen molar-refractivity contribution in [1.82, 2.24) is 0 Å². The summed E-state index contributed by atoms with van der Waals surface area (Å²) in [5.74, 6) is 4.99. The molecule has 0 spiro atoms. The first-order chi connectivity index (χ1) is 8.81. The second-order valence-electron chi connectivity index (χ2n) is 3.66. The summed E-state index contributed by atoms with van der Waals surface area (Å²) in [6, 6.07) is 0. The van der Waals surface area contributed by atoms with Crippen LogP contribution in [0.15, 0.2) is 17.3 Å². The topological polar surface area (TPSA) is 92.1 Å². The molecule has 0 saturated heterocycles. The van der Waals surface area contributed by atoms with Gasteiger partial charge < -0.3 is 25.8 Å². The third kappa shape index (κ3) is 13.1. The molecule has 0 unspecified atom stereocenters. The van der Waals surface area contributed by atoms with Crippen LogP contribution in [0.2, 0.25) is 0 Å². The Kier molecular flexibility index (Phi) is 13.4. The summed E-state index contributed by atoms with van der Waals surface area (Å²) in [7, 11) is 0. The molecular formula is C12H25N3O3. The molecule has 0 aliphatic heterocycles. The Morgan fingerprint density at radius 3 is 2.11 bits per heavy atom. The minimum Gasteiger partial charge on any atom is -0.379 e. The SMILES string of the molecule is C=C(CC=NN)CCOCCOCCOCCN. The van der Waals surface area contributed by atoms with Gasteiger partial charge >= 0.3 is 0 Å². The summed E-state index contributed by atoms with van der Waals surface area (Å²) in [6.07, 6.45) is 3.15. The molecule has 0 aliphatic rings. The molecule has 0 radical (unpaired) electrons. The molecule has 106 valence electrons. The highest BCUT2D eigenvalue weighted by atomic mass is 16.5. The predicted molar refractivity (Wildman–Crippen MR) is 72.6 cm³/mol. The molecule has 0 heterocycles. The molecule has 6 heteroatoms. The van der Waals surface area contributed by atoms with E-state index in [9.17, 15) is 0 Å². The summed E-state index contributed by atoms with van der Waals surface area (Å²) < 4.78 is 15.8. The minimum absolute atomic E-state index is 0.544. The molecule has 4 N–H and O–H groups in total. The monoisotopic (exact) mass is 259 g/mol. The van der Waals surface area contributed by atoms with Crippen molar-refractivity contribution in [2.24, 2.45) is 16.7 Å². The summed E-state index contributed by atoms with van der Waals surface area (Å²) >= 11 is 0. The van der Waals surface area contributed by atoms with Crippen LogP contribution in [0, 0.1) is 0 Å². The third-order valence-corrected chi connectivity index (χ3v) is 2.09. The van der Waals surface area contributed by atoms with Gasteiger partial charge in [0, 0.05) is 19.2 Å². The van der Waals surface area contributed by atoms with E-state index in [-0.39, 0.29) is 0 Å². The van der Waals surface area contributed by atoms with Crippen molar-refractivity contribution >= 4 is 6.21 Å². The van der Waals surface area contributed by atoms with Crippen molar-refractivity contribution in [2.45, 2.75) is 12.8 Å². The average Bonchev–Trinajstić information content (AvgIpc) is 2.38. The van der Waals surface area contributed by atoms with E-state index in [0.29, 0.717) is 52.6 Å². The molecule has 0 aromatic rings. The number of hydrogen-bond donors (Lipinski definition) is 2. The summed E-state index contributed by atoms with van der Waals surface area (Å²) in [5, 5.41) is 3.41. The van der Waals surface area contributed by atoms with Gasteiger partial charge in [-0.25, -0.2) is 0 Å². The fourth-order valence-electron chi connectivity index (χ4n) is 1.13. The fourth-order valence-corrected chi connectivity index (χ4v) is 1.13. The molecule has 0 fully saturated rings. The highest BCUT2D eigenvalue weighted by Crippen LogP contribution is 2.01. The van der Waals surface area contributed by atoms with E-state index in [4.69, 9.17) is 25.8 Å². The largest absolute Gasteiger partial charge is 0.379 e. The molecule has 0 rings (SSSR count). The Bertz CT molecular complexity index is 223. The van der Waals surface area contributed by atoms with Gasteiger partial charge in [0.2, 0.25) is 0 Å². The molecule has 0 saturated carbocycles. The van der Waals surface area contributed by atoms with Crippen LogP contribution in [-0.4, -0.2) is 52.4 Å². The van der Waals surface area contributed by atoms with E-state index in [1.807, 2.05) is 0 Å². The number of nitrogens with zero attached hydrogens (tertiary/aromatic N) is 1. The predicted octanol–water partition coefficient (Wildman–Crippen LogP) is 0.276. The molecule has 0 amide bonds. The van der Waals surface area contributed by atoms with Crippen molar-refractivity contribution in [3.63, 3.8) is 0 Å². The van der Waals surface area contributed by atoms with E-state index in [1.165, 1.54) is 0 Å². The molecule has 0 aliphatic carbocycles. The van der Waals surface area contributed by atoms with Crippen molar-refractivity contribution < 1.29 is 14.2 Å². The Morgan fingerprint density at radius 2 is 1.56 bits per heavy atom. The van der Waals surface area contributed by atoms with Gasteiger partial charge in [-0.2, -0.15) is 5.10 Å². The normalized spacial score (nSPS) is 11.2. The second-order valence-corrected chi connectivity index (χ2v) is 3.66. The van der Waals surface area contributed by atoms with Gasteiger partial charge in [-0.3, -0.25) is 0 Å². The van der Waals surface area contributed by atoms with Gasteiger partial charge in [-0.05, 0) is 6.42 Å². The smallest absolute Gasteiger partial charge is 0.0701 e. The van der Waals surface area contributed by atoms with Gasteiger partial charge in [0.25, 0.3) is 0 Å². The maximum atomic E-state index is 5.39. The Morgan fingerprint density at radius 1 is 1.00 bits per heavy atom. The Hall–Kier alpha value is -0.950. The van der Waals surface area contributed by atoms with E-state index in [1.54, 1.807) is 6.21 Å². The van der Waals surface area contributed by atoms with Crippen LogP contribution in [0.1, 0.15) is 12.8 Å². The molecule has 18 heavy (non-hydrogen) atoms. The second kappa shape index (κ2) is 14.1. The highest BCUT2D eigenvalue weighted by Gasteiger charge is 1.94. The summed E-state index contributed by atoms with van der Waals surface area (Å²) in [6.45, 7) is 7.95. The zero-order valence-electron chi connectivity index (χ0n) is 11.0. The van der Waals surface area contributed by atoms with Crippen molar-refractivity contribution in [2.75, 3.05) is 46.2 Å². The first kappa shape index (κ1) is 17.1. The number of hydrogen-bond acceptors (Lipinski definition) is 6. The van der Waals surface area contributed by atoms with E-state index in [2.05, 4.69) is 11.7 Å². The van der Waals surface area contributed by atoms with Crippen LogP contribution in [0.4, 0.5) is 0 Å². The van der Waals surface area contributed by atoms with Crippen LogP contribution in [0.25, 0.3) is 0 Å². The van der Waals surface area contributed by atoms with Crippen LogP contribution in [0.5, 0.6) is 0 Å². The molecular weight excluding hydrogens is 234 g/mol. The van der Waals surface area contributed by atoms with E-state index < -0.39 is 0 Å². The van der Waals surface area contributed by atoms with Crippen molar-refractivity contribution in [3.8, 4) is 0 Å². The lowest BCUT2D eigenvalue weighted by molar-refractivity contribution is 0.0165. The molecule has 6 nitrogen and oxygen atoms in total. The van der Waals surface area contributed by atoms with E-state index in [0.717, 1.165) is 12.0 Å². The molecule has 0 atom stereocenters. The highest BCUT2D eigenvalue weighted by molar-refractivity contribution is 5.60. The quantitative estimate of drug-likeness (QED) is 0.163. The van der Waals surface area contributed by atoms with Crippen LogP contribution >= 0.6 is 0 Å². The zero-order valence-corrected chi connectivity index (χ0v) is 11.0. The minimum atomic E-state index is 0.544. The standard InChI is InChI=1S/C12H25N3O3/c1-12(2-5-15-14)3-6-16-8-10-18-11-9-17-7-4-13/h5H,1-4,6-11,13-14H2. The number of rotatable bonds is 13. The first-order valence-corrected chi connectivity index (χ1v) is 6.13. The third-order valence-electron chi connectivity index (χ3n) is 2.09. The van der Waals surface area contributed by atoms with Crippen LogP contribution < -0.4 is 11.6 Å². The Labute approximate surface area is 109 Å². The van der Waals surface area contributed by atoms with Crippen LogP contribution in [-0.2, 0) is 14.2 Å². The number of nitrogens with two attached hydrogens (primary N) is 2. The number of ether oxygens (including phenoxy) is 3. The average molecular weight is 259 g/mol.